The second-order valence-corrected chi connectivity index (χ2v) is 6.36. The van der Waals surface area contributed by atoms with Crippen LogP contribution in [0.3, 0.4) is 0 Å². The van der Waals surface area contributed by atoms with Crippen molar-refractivity contribution >= 4 is 22.8 Å². The van der Waals surface area contributed by atoms with E-state index < -0.39 is 5.97 Å². The number of carboxylic acids is 1. The molecule has 5 nitrogen and oxygen atoms in total. The number of hydrogen-bond donors (Lipinski definition) is 1. The van der Waals surface area contributed by atoms with Gasteiger partial charge >= 0.3 is 5.97 Å². The van der Waals surface area contributed by atoms with Gasteiger partial charge in [0.1, 0.15) is 5.58 Å². The lowest BCUT2D eigenvalue weighted by atomic mass is 9.96. The SMILES string of the molecule is Cc1ccc(C)c2c(C)c(C(=O)N3CCC(C(=O)O)CC3)oc12. The number of piperidine rings is 1. The Balaban J connectivity index is 1.91. The van der Waals surface area contributed by atoms with Crippen molar-refractivity contribution < 1.29 is 19.1 Å². The summed E-state index contributed by atoms with van der Waals surface area (Å²) in [7, 11) is 0. The Hall–Kier alpha value is -2.30. The van der Waals surface area contributed by atoms with E-state index in [4.69, 9.17) is 9.52 Å². The van der Waals surface area contributed by atoms with Gasteiger partial charge in [0.05, 0.1) is 5.92 Å². The number of carbonyl (C=O) groups is 2. The molecule has 3 rings (SSSR count). The zero-order valence-corrected chi connectivity index (χ0v) is 13.7. The summed E-state index contributed by atoms with van der Waals surface area (Å²) >= 11 is 0. The fourth-order valence-electron chi connectivity index (χ4n) is 3.35. The monoisotopic (exact) mass is 315 g/mol. The number of amides is 1. The van der Waals surface area contributed by atoms with Crippen molar-refractivity contribution in [3.05, 3.63) is 34.6 Å². The van der Waals surface area contributed by atoms with Crippen LogP contribution in [0.1, 0.15) is 40.1 Å². The Morgan fingerprint density at radius 3 is 2.30 bits per heavy atom. The van der Waals surface area contributed by atoms with Crippen LogP contribution in [0.25, 0.3) is 11.0 Å². The van der Waals surface area contributed by atoms with Gasteiger partial charge in [-0.1, -0.05) is 12.1 Å². The van der Waals surface area contributed by atoms with Crippen molar-refractivity contribution in [1.82, 2.24) is 4.90 Å². The van der Waals surface area contributed by atoms with Crippen LogP contribution < -0.4 is 0 Å². The number of rotatable bonds is 2. The summed E-state index contributed by atoms with van der Waals surface area (Å²) in [6, 6.07) is 4.03. The van der Waals surface area contributed by atoms with Crippen molar-refractivity contribution in [3.8, 4) is 0 Å². The van der Waals surface area contributed by atoms with Crippen LogP contribution in [0.2, 0.25) is 0 Å². The number of fused-ring (bicyclic) bond motifs is 1. The standard InChI is InChI=1S/C18H21NO4/c1-10-4-5-11(2)15-14(10)12(3)16(23-15)17(20)19-8-6-13(7-9-19)18(21)22/h4-5,13H,6-9H2,1-3H3,(H,21,22). The van der Waals surface area contributed by atoms with Gasteiger partial charge in [0.2, 0.25) is 0 Å². The van der Waals surface area contributed by atoms with Crippen LogP contribution in [0, 0.1) is 26.7 Å². The molecule has 1 saturated heterocycles. The van der Waals surface area contributed by atoms with Crippen LogP contribution >= 0.6 is 0 Å². The number of benzene rings is 1. The molecule has 1 aromatic carbocycles. The van der Waals surface area contributed by atoms with Gasteiger partial charge in [0.15, 0.2) is 5.76 Å². The van der Waals surface area contributed by atoms with Gasteiger partial charge in [-0.05, 0) is 44.7 Å². The number of likely N-dealkylation sites (tertiary alicyclic amines) is 1. The van der Waals surface area contributed by atoms with Crippen LogP contribution in [-0.4, -0.2) is 35.0 Å². The summed E-state index contributed by atoms with van der Waals surface area (Å²) in [5.74, 6) is -0.879. The number of aliphatic carboxylic acids is 1. The van der Waals surface area contributed by atoms with Gasteiger partial charge in [-0.25, -0.2) is 0 Å². The molecule has 1 aromatic heterocycles. The van der Waals surface area contributed by atoms with Crippen molar-refractivity contribution in [1.29, 1.82) is 0 Å². The van der Waals surface area contributed by atoms with Crippen molar-refractivity contribution in [2.75, 3.05) is 13.1 Å². The predicted octanol–water partition coefficient (Wildman–Crippen LogP) is 3.29. The first-order chi connectivity index (χ1) is 10.9. The van der Waals surface area contributed by atoms with Crippen molar-refractivity contribution in [3.63, 3.8) is 0 Å². The number of nitrogens with zero attached hydrogens (tertiary/aromatic N) is 1. The van der Waals surface area contributed by atoms with Gasteiger partial charge in [0, 0.05) is 24.0 Å². The largest absolute Gasteiger partial charge is 0.481 e. The highest BCUT2D eigenvalue weighted by molar-refractivity contribution is 6.00. The quantitative estimate of drug-likeness (QED) is 0.923. The summed E-state index contributed by atoms with van der Waals surface area (Å²) in [5, 5.41) is 10.1. The van der Waals surface area contributed by atoms with Gasteiger partial charge in [-0.15, -0.1) is 0 Å². The smallest absolute Gasteiger partial charge is 0.306 e. The average Bonchev–Trinajstić information content (AvgIpc) is 2.89. The van der Waals surface area contributed by atoms with E-state index >= 15 is 0 Å². The molecule has 1 amide bonds. The highest BCUT2D eigenvalue weighted by Gasteiger charge is 2.30. The first kappa shape index (κ1) is 15.6. The lowest BCUT2D eigenvalue weighted by molar-refractivity contribution is -0.143. The molecule has 0 saturated carbocycles. The summed E-state index contributed by atoms with van der Waals surface area (Å²) in [6.07, 6.45) is 0.997. The summed E-state index contributed by atoms with van der Waals surface area (Å²) in [4.78, 5) is 25.5. The lowest BCUT2D eigenvalue weighted by Gasteiger charge is -2.29. The van der Waals surface area contributed by atoms with Crippen LogP contribution in [0.15, 0.2) is 16.5 Å². The van der Waals surface area contributed by atoms with E-state index in [1.54, 1.807) is 4.90 Å². The summed E-state index contributed by atoms with van der Waals surface area (Å²) < 4.78 is 5.89. The minimum absolute atomic E-state index is 0.138. The van der Waals surface area contributed by atoms with Gasteiger partial charge < -0.3 is 14.4 Å². The fraction of sp³-hybridized carbons (Fsp3) is 0.444. The summed E-state index contributed by atoms with van der Waals surface area (Å²) in [6.45, 7) is 6.82. The highest BCUT2D eigenvalue weighted by Crippen LogP contribution is 2.32. The van der Waals surface area contributed by atoms with Crippen LogP contribution in [0.4, 0.5) is 0 Å². The third-order valence-corrected chi connectivity index (χ3v) is 4.81. The second kappa shape index (κ2) is 5.72. The number of furan rings is 1. The topological polar surface area (TPSA) is 70.8 Å². The molecule has 0 bridgehead atoms. The predicted molar refractivity (Wildman–Crippen MR) is 86.7 cm³/mol. The van der Waals surface area contributed by atoms with Gasteiger partial charge in [-0.3, -0.25) is 9.59 Å². The van der Waals surface area contributed by atoms with E-state index in [0.29, 0.717) is 31.7 Å². The van der Waals surface area contributed by atoms with Gasteiger partial charge in [0.25, 0.3) is 5.91 Å². The first-order valence-electron chi connectivity index (χ1n) is 7.91. The summed E-state index contributed by atoms with van der Waals surface area (Å²) in [5.41, 5.74) is 3.74. The highest BCUT2D eigenvalue weighted by atomic mass is 16.4. The molecule has 1 N–H and O–H groups in total. The van der Waals surface area contributed by atoms with E-state index in [2.05, 4.69) is 0 Å². The molecule has 1 aliphatic heterocycles. The maximum Gasteiger partial charge on any atom is 0.306 e. The van der Waals surface area contributed by atoms with Crippen molar-refractivity contribution in [2.45, 2.75) is 33.6 Å². The molecule has 0 atom stereocenters. The molecule has 1 fully saturated rings. The number of aryl methyl sites for hydroxylation is 3. The maximum absolute atomic E-state index is 12.8. The Kier molecular flexibility index (Phi) is 3.88. The Morgan fingerprint density at radius 1 is 1.13 bits per heavy atom. The van der Waals surface area contributed by atoms with E-state index in [1.165, 1.54) is 0 Å². The van der Waals surface area contributed by atoms with E-state index in [1.807, 2.05) is 32.9 Å². The fourth-order valence-corrected chi connectivity index (χ4v) is 3.35. The molecular weight excluding hydrogens is 294 g/mol. The molecule has 2 heterocycles. The zero-order chi connectivity index (χ0) is 16.7. The molecule has 23 heavy (non-hydrogen) atoms. The molecular formula is C18H21NO4. The van der Waals surface area contributed by atoms with Gasteiger partial charge in [-0.2, -0.15) is 0 Å². The minimum Gasteiger partial charge on any atom is -0.481 e. The molecule has 2 aromatic rings. The third kappa shape index (κ3) is 2.60. The lowest BCUT2D eigenvalue weighted by Crippen LogP contribution is -2.40. The minimum atomic E-state index is -0.775. The van der Waals surface area contributed by atoms with Crippen LogP contribution in [-0.2, 0) is 4.79 Å². The second-order valence-electron chi connectivity index (χ2n) is 6.36. The van der Waals surface area contributed by atoms with Crippen molar-refractivity contribution in [2.24, 2.45) is 5.92 Å². The molecule has 0 aliphatic carbocycles. The Bertz CT molecular complexity index is 782. The third-order valence-electron chi connectivity index (χ3n) is 4.81. The van der Waals surface area contributed by atoms with E-state index in [0.717, 1.165) is 27.7 Å². The number of carbonyl (C=O) groups excluding carboxylic acids is 1. The van der Waals surface area contributed by atoms with E-state index in [9.17, 15) is 9.59 Å². The average molecular weight is 315 g/mol. The van der Waals surface area contributed by atoms with Crippen LogP contribution in [0.5, 0.6) is 0 Å². The van der Waals surface area contributed by atoms with E-state index in [-0.39, 0.29) is 11.8 Å². The maximum atomic E-state index is 12.8. The normalized spacial score (nSPS) is 16.0. The number of carboxylic acid groups (broad SMARTS) is 1. The zero-order valence-electron chi connectivity index (χ0n) is 13.7. The first-order valence-corrected chi connectivity index (χ1v) is 7.91. The molecule has 5 heteroatoms. The molecule has 0 radical (unpaired) electrons. The molecule has 1 aliphatic rings. The molecule has 0 spiro atoms. The molecule has 122 valence electrons. The number of hydrogen-bond acceptors (Lipinski definition) is 3. The Morgan fingerprint density at radius 2 is 1.74 bits per heavy atom. The molecule has 0 unspecified atom stereocenters. The Labute approximate surface area is 134 Å².